The highest BCUT2D eigenvalue weighted by atomic mass is 16.5. The van der Waals surface area contributed by atoms with Crippen LogP contribution in [0.3, 0.4) is 0 Å². The van der Waals surface area contributed by atoms with Gasteiger partial charge in [-0.15, -0.1) is 0 Å². The molecule has 0 aromatic carbocycles. The summed E-state index contributed by atoms with van der Waals surface area (Å²) in [7, 11) is 1.51. The number of rotatable bonds is 1. The Morgan fingerprint density at radius 2 is 1.67 bits per heavy atom. The third-order valence-corrected chi connectivity index (χ3v) is 4.49. The van der Waals surface area contributed by atoms with Crippen LogP contribution in [0.1, 0.15) is 40.0 Å². The van der Waals surface area contributed by atoms with Gasteiger partial charge < -0.3 is 4.74 Å². The molecule has 0 N–H and O–H groups in total. The first-order valence-corrected chi connectivity index (χ1v) is 6.01. The summed E-state index contributed by atoms with van der Waals surface area (Å²) in [6.45, 7) is 6.95. The van der Waals surface area contributed by atoms with Crippen LogP contribution in [0.25, 0.3) is 0 Å². The lowest BCUT2D eigenvalue weighted by Gasteiger charge is -2.53. The quantitative estimate of drug-likeness (QED) is 0.622. The number of fused-ring (bicyclic) bond motifs is 2. The minimum absolute atomic E-state index is 0.0311. The van der Waals surface area contributed by atoms with Gasteiger partial charge in [0.25, 0.3) is 0 Å². The zero-order chi connectivity index (χ0) is 11.2. The molecule has 0 spiro atoms. The minimum Gasteiger partial charge on any atom is -0.469 e. The second-order valence-corrected chi connectivity index (χ2v) is 6.34. The summed E-state index contributed by atoms with van der Waals surface area (Å²) in [6, 6.07) is 0. The van der Waals surface area contributed by atoms with Gasteiger partial charge in [0.2, 0.25) is 0 Å². The predicted octanol–water partition coefficient (Wildman–Crippen LogP) is 2.87. The van der Waals surface area contributed by atoms with Gasteiger partial charge in [0.15, 0.2) is 0 Å². The minimum atomic E-state index is 0.0311. The molecule has 3 saturated carbocycles. The van der Waals surface area contributed by atoms with Gasteiger partial charge in [-0.3, -0.25) is 4.79 Å². The summed E-state index contributed by atoms with van der Waals surface area (Å²) in [5, 5.41) is 0. The lowest BCUT2D eigenvalue weighted by atomic mass is 9.51. The van der Waals surface area contributed by atoms with Crippen molar-refractivity contribution in [3.63, 3.8) is 0 Å². The molecule has 0 aromatic rings. The zero-order valence-electron chi connectivity index (χ0n) is 10.2. The molecule has 2 unspecified atom stereocenters. The molecule has 0 saturated heterocycles. The second kappa shape index (κ2) is 3.50. The highest BCUT2D eigenvalue weighted by Crippen LogP contribution is 2.56. The van der Waals surface area contributed by atoms with Crippen molar-refractivity contribution in [2.24, 2.45) is 29.1 Å². The number of esters is 1. The molecule has 2 atom stereocenters. The van der Waals surface area contributed by atoms with Crippen molar-refractivity contribution in [3.05, 3.63) is 0 Å². The van der Waals surface area contributed by atoms with E-state index in [0.717, 1.165) is 5.92 Å². The Kier molecular flexibility index (Phi) is 2.56. The summed E-state index contributed by atoms with van der Waals surface area (Å²) in [5.74, 6) is 2.28. The van der Waals surface area contributed by atoms with Crippen molar-refractivity contribution in [1.82, 2.24) is 0 Å². The fourth-order valence-electron chi connectivity index (χ4n) is 3.41. The van der Waals surface area contributed by atoms with Crippen molar-refractivity contribution in [2.45, 2.75) is 40.0 Å². The normalized spacial score (nSPS) is 39.5. The van der Waals surface area contributed by atoms with Crippen molar-refractivity contribution in [1.29, 1.82) is 0 Å². The van der Waals surface area contributed by atoms with E-state index in [1.807, 2.05) is 0 Å². The Balaban J connectivity index is 1.99. The van der Waals surface area contributed by atoms with Crippen LogP contribution < -0.4 is 0 Å². The van der Waals surface area contributed by atoms with E-state index in [1.165, 1.54) is 26.4 Å². The van der Waals surface area contributed by atoms with Gasteiger partial charge in [-0.05, 0) is 42.4 Å². The van der Waals surface area contributed by atoms with E-state index in [-0.39, 0.29) is 11.9 Å². The number of hydrogen-bond donors (Lipinski definition) is 0. The maximum Gasteiger partial charge on any atom is 0.309 e. The molecule has 0 heterocycles. The highest BCUT2D eigenvalue weighted by Gasteiger charge is 2.52. The molecule has 15 heavy (non-hydrogen) atoms. The SMILES string of the molecule is COC(=O)C1C2CC1CC(C(C)(C)C)C2. The maximum absolute atomic E-state index is 11.5. The molecular weight excluding hydrogens is 188 g/mol. The van der Waals surface area contributed by atoms with Crippen LogP contribution in [0.2, 0.25) is 0 Å². The average Bonchev–Trinajstić information content (AvgIpc) is 2.16. The third kappa shape index (κ3) is 1.79. The number of carbonyl (C=O) groups excluding carboxylic acids is 1. The lowest BCUT2D eigenvalue weighted by Crippen LogP contribution is -2.50. The van der Waals surface area contributed by atoms with E-state index in [1.54, 1.807) is 0 Å². The Morgan fingerprint density at radius 3 is 2.07 bits per heavy atom. The largest absolute Gasteiger partial charge is 0.469 e. The molecule has 3 rings (SSSR count). The molecule has 0 radical (unpaired) electrons. The van der Waals surface area contributed by atoms with Gasteiger partial charge in [-0.25, -0.2) is 0 Å². The van der Waals surface area contributed by atoms with Gasteiger partial charge in [0.1, 0.15) is 0 Å². The second-order valence-electron chi connectivity index (χ2n) is 6.34. The maximum atomic E-state index is 11.5. The lowest BCUT2D eigenvalue weighted by molar-refractivity contribution is -0.164. The van der Waals surface area contributed by atoms with Crippen LogP contribution in [0.5, 0.6) is 0 Å². The first-order chi connectivity index (χ1) is 6.93. The molecule has 2 nitrogen and oxygen atoms in total. The smallest absolute Gasteiger partial charge is 0.309 e. The first-order valence-electron chi connectivity index (χ1n) is 6.01. The van der Waals surface area contributed by atoms with E-state index in [4.69, 9.17) is 4.74 Å². The van der Waals surface area contributed by atoms with Crippen LogP contribution in [0, 0.1) is 29.1 Å². The Bertz CT molecular complexity index is 252. The van der Waals surface area contributed by atoms with Crippen LogP contribution in [0.4, 0.5) is 0 Å². The summed E-state index contributed by atoms with van der Waals surface area (Å²) in [4.78, 5) is 11.5. The van der Waals surface area contributed by atoms with E-state index in [9.17, 15) is 4.79 Å². The molecular formula is C13H22O2. The van der Waals surface area contributed by atoms with E-state index in [0.29, 0.717) is 17.3 Å². The molecule has 0 amide bonds. The van der Waals surface area contributed by atoms with E-state index < -0.39 is 0 Å². The fraction of sp³-hybridized carbons (Fsp3) is 0.923. The van der Waals surface area contributed by atoms with Gasteiger partial charge >= 0.3 is 5.97 Å². The third-order valence-electron chi connectivity index (χ3n) is 4.49. The molecule has 2 bridgehead atoms. The number of hydrogen-bond acceptors (Lipinski definition) is 2. The summed E-state index contributed by atoms with van der Waals surface area (Å²) >= 11 is 0. The van der Waals surface area contributed by atoms with Crippen LogP contribution >= 0.6 is 0 Å². The van der Waals surface area contributed by atoms with Crippen molar-refractivity contribution < 1.29 is 9.53 Å². The highest BCUT2D eigenvalue weighted by molar-refractivity contribution is 5.74. The van der Waals surface area contributed by atoms with Crippen LogP contribution in [-0.2, 0) is 9.53 Å². The van der Waals surface area contributed by atoms with Gasteiger partial charge in [-0.2, -0.15) is 0 Å². The number of carbonyl (C=O) groups is 1. The Morgan fingerprint density at radius 1 is 1.13 bits per heavy atom. The summed E-state index contributed by atoms with van der Waals surface area (Å²) < 4.78 is 4.87. The first kappa shape index (κ1) is 11.0. The standard InChI is InChI=1S/C13H22O2/c1-13(2,3)10-6-8-5-9(7-10)11(8)12(14)15-4/h8-11H,5-7H2,1-4H3. The van der Waals surface area contributed by atoms with E-state index in [2.05, 4.69) is 20.8 Å². The molecule has 3 aliphatic carbocycles. The van der Waals surface area contributed by atoms with Crippen LogP contribution in [-0.4, -0.2) is 13.1 Å². The molecule has 3 fully saturated rings. The molecule has 3 aliphatic rings. The molecule has 2 heteroatoms. The summed E-state index contributed by atoms with van der Waals surface area (Å²) in [6.07, 6.45) is 3.70. The molecule has 0 aromatic heterocycles. The van der Waals surface area contributed by atoms with Crippen molar-refractivity contribution in [3.8, 4) is 0 Å². The van der Waals surface area contributed by atoms with Crippen molar-refractivity contribution >= 4 is 5.97 Å². The van der Waals surface area contributed by atoms with Crippen molar-refractivity contribution in [2.75, 3.05) is 7.11 Å². The van der Waals surface area contributed by atoms with E-state index >= 15 is 0 Å². The van der Waals surface area contributed by atoms with Gasteiger partial charge in [0, 0.05) is 0 Å². The number of methoxy groups -OCH3 is 1. The average molecular weight is 210 g/mol. The zero-order valence-corrected chi connectivity index (χ0v) is 10.2. The Labute approximate surface area is 92.4 Å². The van der Waals surface area contributed by atoms with Gasteiger partial charge in [-0.1, -0.05) is 20.8 Å². The molecule has 86 valence electrons. The molecule has 0 aliphatic heterocycles. The monoisotopic (exact) mass is 210 g/mol. The van der Waals surface area contributed by atoms with Crippen LogP contribution in [0.15, 0.2) is 0 Å². The number of ether oxygens (including phenoxy) is 1. The Hall–Kier alpha value is -0.530. The topological polar surface area (TPSA) is 26.3 Å². The van der Waals surface area contributed by atoms with Gasteiger partial charge in [0.05, 0.1) is 13.0 Å². The predicted molar refractivity (Wildman–Crippen MR) is 59.3 cm³/mol. The fourth-order valence-corrected chi connectivity index (χ4v) is 3.41. The summed E-state index contributed by atoms with van der Waals surface area (Å²) in [5.41, 5.74) is 0.401.